The fraction of sp³-hybridized carbons (Fsp3) is 0.280. The molecule has 1 heterocycles. The third-order valence-electron chi connectivity index (χ3n) is 5.05. The number of fused-ring (bicyclic) bond motifs is 1. The molecule has 4 N–H and O–H groups in total. The molecule has 35 heavy (non-hydrogen) atoms. The van der Waals surface area contributed by atoms with Crippen LogP contribution in [-0.2, 0) is 22.4 Å². The summed E-state index contributed by atoms with van der Waals surface area (Å²) in [5.41, 5.74) is 7.55. The molecule has 7 nitrogen and oxygen atoms in total. The molecule has 0 aliphatic rings. The van der Waals surface area contributed by atoms with E-state index in [2.05, 4.69) is 25.8 Å². The Morgan fingerprint density at radius 1 is 1.26 bits per heavy atom. The molecule has 3 rings (SSSR count). The molecule has 1 aromatic heterocycles. The Kier molecular flexibility index (Phi) is 8.84. The third kappa shape index (κ3) is 7.80. The molecule has 0 fully saturated rings. The first kappa shape index (κ1) is 26.2. The molecule has 1 amide bonds. The summed E-state index contributed by atoms with van der Waals surface area (Å²) in [6, 6.07) is 11.5. The minimum Gasteiger partial charge on any atom is -0.484 e. The van der Waals surface area contributed by atoms with Gasteiger partial charge in [-0.3, -0.25) is 4.79 Å². The van der Waals surface area contributed by atoms with Gasteiger partial charge in [-0.25, -0.2) is 10.7 Å². The van der Waals surface area contributed by atoms with Crippen molar-refractivity contribution >= 4 is 34.3 Å². The number of carbonyl (C=O) groups excluding carboxylic acids is 1. The standard InChI is InChI=1S/C25H27ClF2N4O3/c1-3-4-22(24(33)30-12-11-17-15-31-21-10-7-18(26)14-20(17)21)32-23(34-2)13-16-5-8-19(9-6-16)35-25(27,28)29/h4-10,14-15,31H,3,11-13,29H2,1-2H3,(H,30,33)/b22-4+,32-23?. The van der Waals surface area contributed by atoms with Crippen molar-refractivity contribution in [1.29, 1.82) is 0 Å². The van der Waals surface area contributed by atoms with E-state index in [0.717, 1.165) is 22.0 Å². The SMILES string of the molecule is CC/C=C(/N=C(Cc1ccc(OC(N)(F)F)cc1)OC)C(=O)NCCc1c[nH]c2ccc(Cl)cc12. The lowest BCUT2D eigenvalue weighted by Crippen LogP contribution is -2.35. The summed E-state index contributed by atoms with van der Waals surface area (Å²) in [6.45, 7) is 2.31. The molecule has 3 aromatic rings. The topological polar surface area (TPSA) is 102 Å². The van der Waals surface area contributed by atoms with Crippen LogP contribution in [0.15, 0.2) is 65.4 Å². The number of halogens is 3. The van der Waals surface area contributed by atoms with Gasteiger partial charge in [0.15, 0.2) is 5.90 Å². The van der Waals surface area contributed by atoms with Crippen LogP contribution in [0.1, 0.15) is 24.5 Å². The lowest BCUT2D eigenvalue weighted by Gasteiger charge is -2.13. The predicted molar refractivity (Wildman–Crippen MR) is 133 cm³/mol. The number of rotatable bonds is 10. The van der Waals surface area contributed by atoms with Crippen LogP contribution in [0.5, 0.6) is 5.75 Å². The first-order valence-corrected chi connectivity index (χ1v) is 11.4. The van der Waals surface area contributed by atoms with Gasteiger partial charge >= 0.3 is 6.23 Å². The fourth-order valence-corrected chi connectivity index (χ4v) is 3.61. The van der Waals surface area contributed by atoms with E-state index in [0.29, 0.717) is 30.3 Å². The summed E-state index contributed by atoms with van der Waals surface area (Å²) in [6.07, 6.45) is 1.32. The van der Waals surface area contributed by atoms with E-state index in [1.54, 1.807) is 18.2 Å². The van der Waals surface area contributed by atoms with E-state index >= 15 is 0 Å². The maximum atomic E-state index is 12.8. The van der Waals surface area contributed by atoms with Gasteiger partial charge in [-0.05, 0) is 54.3 Å². The smallest absolute Gasteiger partial charge is 0.466 e. The number of hydrogen-bond acceptors (Lipinski definition) is 5. The molecule has 0 radical (unpaired) electrons. The van der Waals surface area contributed by atoms with E-state index in [1.807, 2.05) is 31.3 Å². The van der Waals surface area contributed by atoms with Gasteiger partial charge in [-0.2, -0.15) is 0 Å². The molecule has 186 valence electrons. The van der Waals surface area contributed by atoms with Crippen LogP contribution in [0.3, 0.4) is 0 Å². The lowest BCUT2D eigenvalue weighted by molar-refractivity contribution is -0.170. The Morgan fingerprint density at radius 3 is 2.66 bits per heavy atom. The molecule has 10 heteroatoms. The summed E-state index contributed by atoms with van der Waals surface area (Å²) < 4.78 is 35.2. The maximum absolute atomic E-state index is 12.8. The minimum atomic E-state index is -3.75. The molecule has 0 spiro atoms. The van der Waals surface area contributed by atoms with Crippen LogP contribution < -0.4 is 15.8 Å². The van der Waals surface area contributed by atoms with Gasteiger partial charge in [0.05, 0.1) is 7.11 Å². The number of aromatic amines is 1. The summed E-state index contributed by atoms with van der Waals surface area (Å²) in [7, 11) is 1.45. The minimum absolute atomic E-state index is 0.0689. The molecule has 2 aromatic carbocycles. The Balaban J connectivity index is 1.63. The third-order valence-corrected chi connectivity index (χ3v) is 5.29. The lowest BCUT2D eigenvalue weighted by atomic mass is 10.1. The Bertz CT molecular complexity index is 1220. The number of ether oxygens (including phenoxy) is 2. The highest BCUT2D eigenvalue weighted by Gasteiger charge is 2.24. The number of hydrogen-bond donors (Lipinski definition) is 3. The van der Waals surface area contributed by atoms with Crippen LogP contribution in [-0.4, -0.2) is 36.7 Å². The zero-order valence-corrected chi connectivity index (χ0v) is 20.2. The normalized spacial score (nSPS) is 12.6. The van der Waals surface area contributed by atoms with E-state index in [9.17, 15) is 13.6 Å². The van der Waals surface area contributed by atoms with Crippen LogP contribution in [0.4, 0.5) is 8.78 Å². The average Bonchev–Trinajstić information content (AvgIpc) is 3.20. The first-order valence-electron chi connectivity index (χ1n) is 11.0. The number of benzene rings is 2. The van der Waals surface area contributed by atoms with Gasteiger partial charge in [-0.1, -0.05) is 36.7 Å². The Labute approximate surface area is 207 Å². The van der Waals surface area contributed by atoms with Crippen molar-refractivity contribution in [3.05, 3.63) is 76.6 Å². The van der Waals surface area contributed by atoms with Gasteiger partial charge in [0.25, 0.3) is 5.91 Å². The number of nitrogens with two attached hydrogens (primary N) is 1. The quantitative estimate of drug-likeness (QED) is 0.119. The average molecular weight is 505 g/mol. The van der Waals surface area contributed by atoms with Crippen molar-refractivity contribution < 1.29 is 23.0 Å². The Hall–Kier alpha value is -3.43. The van der Waals surface area contributed by atoms with Crippen molar-refractivity contribution in [2.24, 2.45) is 10.7 Å². The van der Waals surface area contributed by atoms with Gasteiger partial charge in [-0.15, -0.1) is 8.78 Å². The molecule has 0 unspecified atom stereocenters. The highest BCUT2D eigenvalue weighted by molar-refractivity contribution is 6.31. The fourth-order valence-electron chi connectivity index (χ4n) is 3.44. The molecular weight excluding hydrogens is 478 g/mol. The van der Waals surface area contributed by atoms with Crippen molar-refractivity contribution in [2.75, 3.05) is 13.7 Å². The van der Waals surface area contributed by atoms with Gasteiger partial charge in [0.1, 0.15) is 11.4 Å². The molecule has 0 aliphatic carbocycles. The molecule has 0 saturated carbocycles. The largest absolute Gasteiger partial charge is 0.484 e. The number of amides is 1. The van der Waals surface area contributed by atoms with Crippen LogP contribution in [0, 0.1) is 0 Å². The number of nitrogens with zero attached hydrogens (tertiary/aromatic N) is 1. The summed E-state index contributed by atoms with van der Waals surface area (Å²) in [5.74, 6) is -0.0993. The second-order valence-electron chi connectivity index (χ2n) is 7.70. The second-order valence-corrected chi connectivity index (χ2v) is 8.14. The summed E-state index contributed by atoms with van der Waals surface area (Å²) in [4.78, 5) is 20.4. The number of carbonyl (C=O) groups is 1. The number of aliphatic imine (C=N–C) groups is 1. The number of nitrogens with one attached hydrogen (secondary N) is 2. The monoisotopic (exact) mass is 504 g/mol. The number of methoxy groups -OCH3 is 1. The molecule has 0 atom stereocenters. The van der Waals surface area contributed by atoms with Crippen LogP contribution in [0.25, 0.3) is 10.9 Å². The van der Waals surface area contributed by atoms with Crippen molar-refractivity contribution in [1.82, 2.24) is 10.3 Å². The van der Waals surface area contributed by atoms with E-state index < -0.39 is 6.23 Å². The van der Waals surface area contributed by atoms with Crippen molar-refractivity contribution in [3.63, 3.8) is 0 Å². The number of H-pyrrole nitrogens is 1. The highest BCUT2D eigenvalue weighted by atomic mass is 35.5. The first-order chi connectivity index (χ1) is 16.7. The zero-order valence-electron chi connectivity index (χ0n) is 19.4. The van der Waals surface area contributed by atoms with Crippen molar-refractivity contribution in [3.8, 4) is 5.75 Å². The van der Waals surface area contributed by atoms with Gasteiger partial charge in [0, 0.05) is 35.1 Å². The van der Waals surface area contributed by atoms with Crippen molar-refractivity contribution in [2.45, 2.75) is 32.4 Å². The van der Waals surface area contributed by atoms with Gasteiger partial charge in [0.2, 0.25) is 0 Å². The Morgan fingerprint density at radius 2 is 2.00 bits per heavy atom. The van der Waals surface area contributed by atoms with E-state index in [1.165, 1.54) is 19.2 Å². The highest BCUT2D eigenvalue weighted by Crippen LogP contribution is 2.23. The van der Waals surface area contributed by atoms with Crippen LogP contribution in [0.2, 0.25) is 5.02 Å². The second kappa shape index (κ2) is 11.8. The molecular formula is C25H27ClF2N4O3. The summed E-state index contributed by atoms with van der Waals surface area (Å²) in [5, 5.41) is 4.56. The maximum Gasteiger partial charge on any atom is 0.466 e. The summed E-state index contributed by atoms with van der Waals surface area (Å²) >= 11 is 6.10. The molecule has 0 saturated heterocycles. The van der Waals surface area contributed by atoms with E-state index in [4.69, 9.17) is 16.3 Å². The number of alkyl halides is 2. The van der Waals surface area contributed by atoms with Gasteiger partial charge < -0.3 is 19.8 Å². The number of aromatic nitrogens is 1. The number of allylic oxidation sites excluding steroid dienone is 1. The zero-order chi connectivity index (χ0) is 25.4. The predicted octanol–water partition coefficient (Wildman–Crippen LogP) is 4.95. The molecule has 0 bridgehead atoms. The van der Waals surface area contributed by atoms with Crippen LogP contribution >= 0.6 is 11.6 Å². The molecule has 0 aliphatic heterocycles. The van der Waals surface area contributed by atoms with E-state index in [-0.39, 0.29) is 23.8 Å².